The smallest absolute Gasteiger partial charge is 0.220 e. The van der Waals surface area contributed by atoms with Crippen LogP contribution in [-0.2, 0) is 9.53 Å². The zero-order chi connectivity index (χ0) is 11.1. The minimum atomic E-state index is 0.152. The first-order valence-corrected chi connectivity index (χ1v) is 6.22. The Bertz CT molecular complexity index is 199. The number of amides is 1. The first kappa shape index (κ1) is 12.8. The van der Waals surface area contributed by atoms with Crippen LogP contribution < -0.4 is 5.32 Å². The predicted molar refractivity (Wildman–Crippen MR) is 61.1 cm³/mol. The molecule has 3 nitrogen and oxygen atoms in total. The third-order valence-electron chi connectivity index (χ3n) is 2.64. The van der Waals surface area contributed by atoms with Crippen LogP contribution >= 0.6 is 11.6 Å². The fourth-order valence-corrected chi connectivity index (χ4v) is 2.00. The average molecular weight is 234 g/mol. The number of unbranched alkanes of at least 4 members (excludes halogenated alkanes) is 1. The van der Waals surface area contributed by atoms with Gasteiger partial charge in [-0.1, -0.05) is 0 Å². The highest BCUT2D eigenvalue weighted by Gasteiger charge is 2.20. The molecule has 1 heterocycles. The number of carbonyl (C=O) groups is 1. The molecule has 2 unspecified atom stereocenters. The number of hydrogen-bond acceptors (Lipinski definition) is 2. The summed E-state index contributed by atoms with van der Waals surface area (Å²) in [5.74, 6) is 0.793. The topological polar surface area (TPSA) is 38.3 Å². The van der Waals surface area contributed by atoms with Crippen molar-refractivity contribution in [1.29, 1.82) is 0 Å². The van der Waals surface area contributed by atoms with Gasteiger partial charge >= 0.3 is 0 Å². The second-order valence-electron chi connectivity index (χ2n) is 4.12. The van der Waals surface area contributed by atoms with Crippen molar-refractivity contribution in [3.63, 3.8) is 0 Å². The number of hydrogen-bond donors (Lipinski definition) is 1. The van der Waals surface area contributed by atoms with Gasteiger partial charge in [-0.3, -0.25) is 4.79 Å². The number of carbonyl (C=O) groups excluding carboxylic acids is 1. The molecule has 1 aliphatic rings. The lowest BCUT2D eigenvalue weighted by molar-refractivity contribution is -0.122. The van der Waals surface area contributed by atoms with Gasteiger partial charge in [-0.2, -0.15) is 0 Å². The standard InChI is InChI=1S/C11H20ClNO2/c1-9-8-10(5-7-15-9)13-11(14)4-2-3-6-12/h9-10H,2-8H2,1H3,(H,13,14). The summed E-state index contributed by atoms with van der Waals surface area (Å²) in [5, 5.41) is 3.05. The Morgan fingerprint density at radius 3 is 3.00 bits per heavy atom. The number of ether oxygens (including phenoxy) is 1. The summed E-state index contributed by atoms with van der Waals surface area (Å²) < 4.78 is 5.42. The Hall–Kier alpha value is -0.280. The Morgan fingerprint density at radius 1 is 1.53 bits per heavy atom. The number of rotatable bonds is 5. The summed E-state index contributed by atoms with van der Waals surface area (Å²) in [4.78, 5) is 11.5. The lowest BCUT2D eigenvalue weighted by Gasteiger charge is -2.27. The Morgan fingerprint density at radius 2 is 2.33 bits per heavy atom. The Balaban J connectivity index is 2.13. The average Bonchev–Trinajstić information content (AvgIpc) is 2.18. The Labute approximate surface area is 96.5 Å². The summed E-state index contributed by atoms with van der Waals surface area (Å²) in [5.41, 5.74) is 0. The molecule has 0 aliphatic carbocycles. The van der Waals surface area contributed by atoms with Crippen LogP contribution in [0.15, 0.2) is 0 Å². The second kappa shape index (κ2) is 7.07. The molecule has 0 radical (unpaired) electrons. The van der Waals surface area contributed by atoms with E-state index in [1.54, 1.807) is 0 Å². The van der Waals surface area contributed by atoms with E-state index in [0.29, 0.717) is 18.3 Å². The van der Waals surface area contributed by atoms with Crippen molar-refractivity contribution < 1.29 is 9.53 Å². The molecule has 0 aromatic carbocycles. The highest BCUT2D eigenvalue weighted by molar-refractivity contribution is 6.17. The van der Waals surface area contributed by atoms with Gasteiger partial charge < -0.3 is 10.1 Å². The minimum Gasteiger partial charge on any atom is -0.378 e. The van der Waals surface area contributed by atoms with Gasteiger partial charge in [0.1, 0.15) is 0 Å². The molecule has 1 aliphatic heterocycles. The molecule has 1 amide bonds. The van der Waals surface area contributed by atoms with Crippen molar-refractivity contribution in [2.24, 2.45) is 0 Å². The highest BCUT2D eigenvalue weighted by atomic mass is 35.5. The molecule has 0 bridgehead atoms. The van der Waals surface area contributed by atoms with Gasteiger partial charge in [0.15, 0.2) is 0 Å². The zero-order valence-corrected chi connectivity index (χ0v) is 10.1. The minimum absolute atomic E-state index is 0.152. The molecule has 1 saturated heterocycles. The van der Waals surface area contributed by atoms with Crippen molar-refractivity contribution in [2.45, 2.75) is 51.2 Å². The summed E-state index contributed by atoms with van der Waals surface area (Å²) in [7, 11) is 0. The highest BCUT2D eigenvalue weighted by Crippen LogP contribution is 2.13. The van der Waals surface area contributed by atoms with Crippen LogP contribution in [-0.4, -0.2) is 30.5 Å². The predicted octanol–water partition coefficient (Wildman–Crippen LogP) is 2.08. The maximum atomic E-state index is 11.5. The maximum Gasteiger partial charge on any atom is 0.220 e. The SMILES string of the molecule is CC1CC(NC(=O)CCCCCl)CCO1. The largest absolute Gasteiger partial charge is 0.378 e. The third kappa shape index (κ3) is 5.38. The van der Waals surface area contributed by atoms with Gasteiger partial charge in [0.25, 0.3) is 0 Å². The van der Waals surface area contributed by atoms with E-state index in [1.807, 2.05) is 6.92 Å². The van der Waals surface area contributed by atoms with E-state index in [9.17, 15) is 4.79 Å². The van der Waals surface area contributed by atoms with Gasteiger partial charge in [-0.05, 0) is 32.6 Å². The molecule has 0 spiro atoms. The van der Waals surface area contributed by atoms with Crippen LogP contribution in [0.3, 0.4) is 0 Å². The molecule has 1 fully saturated rings. The summed E-state index contributed by atoms with van der Waals surface area (Å²) in [6.45, 7) is 2.81. The van der Waals surface area contributed by atoms with E-state index in [0.717, 1.165) is 32.3 Å². The van der Waals surface area contributed by atoms with E-state index in [-0.39, 0.29) is 12.0 Å². The van der Waals surface area contributed by atoms with Crippen molar-refractivity contribution in [3.05, 3.63) is 0 Å². The van der Waals surface area contributed by atoms with Crippen molar-refractivity contribution in [3.8, 4) is 0 Å². The van der Waals surface area contributed by atoms with Crippen LogP contribution in [0.2, 0.25) is 0 Å². The fraction of sp³-hybridized carbons (Fsp3) is 0.909. The molecule has 0 aromatic heterocycles. The van der Waals surface area contributed by atoms with Gasteiger partial charge in [0, 0.05) is 24.9 Å². The quantitative estimate of drug-likeness (QED) is 0.583. The first-order chi connectivity index (χ1) is 7.22. The van der Waals surface area contributed by atoms with E-state index >= 15 is 0 Å². The normalized spacial score (nSPS) is 26.3. The van der Waals surface area contributed by atoms with Crippen LogP contribution in [0.5, 0.6) is 0 Å². The molecule has 15 heavy (non-hydrogen) atoms. The number of alkyl halides is 1. The van der Waals surface area contributed by atoms with Crippen LogP contribution in [0.25, 0.3) is 0 Å². The molecule has 88 valence electrons. The van der Waals surface area contributed by atoms with Crippen LogP contribution in [0, 0.1) is 0 Å². The van der Waals surface area contributed by atoms with Gasteiger partial charge in [0.2, 0.25) is 5.91 Å². The van der Waals surface area contributed by atoms with E-state index in [2.05, 4.69) is 5.32 Å². The fourth-order valence-electron chi connectivity index (χ4n) is 1.81. The molecule has 0 aromatic rings. The molecule has 1 N–H and O–H groups in total. The van der Waals surface area contributed by atoms with Crippen LogP contribution in [0.1, 0.15) is 39.0 Å². The molecule has 0 saturated carbocycles. The van der Waals surface area contributed by atoms with Gasteiger partial charge in [-0.15, -0.1) is 11.6 Å². The van der Waals surface area contributed by atoms with Crippen molar-refractivity contribution in [1.82, 2.24) is 5.32 Å². The van der Waals surface area contributed by atoms with Gasteiger partial charge in [-0.25, -0.2) is 0 Å². The molecule has 4 heteroatoms. The number of halogens is 1. The van der Waals surface area contributed by atoms with Gasteiger partial charge in [0.05, 0.1) is 6.10 Å². The third-order valence-corrected chi connectivity index (χ3v) is 2.90. The molecule has 2 atom stereocenters. The van der Waals surface area contributed by atoms with Crippen LogP contribution in [0.4, 0.5) is 0 Å². The maximum absolute atomic E-state index is 11.5. The molecular formula is C11H20ClNO2. The first-order valence-electron chi connectivity index (χ1n) is 5.69. The van der Waals surface area contributed by atoms with E-state index in [4.69, 9.17) is 16.3 Å². The monoisotopic (exact) mass is 233 g/mol. The van der Waals surface area contributed by atoms with Crippen molar-refractivity contribution >= 4 is 17.5 Å². The summed E-state index contributed by atoms with van der Waals surface area (Å²) in [6, 6.07) is 0.303. The number of nitrogens with one attached hydrogen (secondary N) is 1. The summed E-state index contributed by atoms with van der Waals surface area (Å²) >= 11 is 5.55. The van der Waals surface area contributed by atoms with Crippen molar-refractivity contribution in [2.75, 3.05) is 12.5 Å². The lowest BCUT2D eigenvalue weighted by atomic mass is 10.0. The summed E-state index contributed by atoms with van der Waals surface area (Å²) in [6.07, 6.45) is 4.53. The Kier molecular flexibility index (Phi) is 6.03. The second-order valence-corrected chi connectivity index (χ2v) is 4.49. The lowest BCUT2D eigenvalue weighted by Crippen LogP contribution is -2.41. The zero-order valence-electron chi connectivity index (χ0n) is 9.30. The molecule has 1 rings (SSSR count). The van der Waals surface area contributed by atoms with E-state index < -0.39 is 0 Å². The molecular weight excluding hydrogens is 214 g/mol. The van der Waals surface area contributed by atoms with E-state index in [1.165, 1.54) is 0 Å².